The molecule has 2 aromatic rings. The fraction of sp³-hybridized carbons (Fsp3) is 0.300. The first-order valence-corrected chi connectivity index (χ1v) is 10.1. The van der Waals surface area contributed by atoms with Crippen molar-refractivity contribution in [3.63, 3.8) is 0 Å². The van der Waals surface area contributed by atoms with Crippen molar-refractivity contribution < 1.29 is 19.4 Å². The Morgan fingerprint density at radius 2 is 1.92 bits per heavy atom. The number of fused-ring (bicyclic) bond motifs is 1. The van der Waals surface area contributed by atoms with Gasteiger partial charge in [0.25, 0.3) is 0 Å². The zero-order valence-electron chi connectivity index (χ0n) is 14.0. The number of allylic oxidation sites excluding steroid dienone is 4. The molecule has 128 valence electrons. The van der Waals surface area contributed by atoms with Gasteiger partial charge in [-0.05, 0) is 0 Å². The largest absolute Gasteiger partial charge is 0.147 e. The second-order valence-corrected chi connectivity index (χ2v) is 7.43. The van der Waals surface area contributed by atoms with Crippen LogP contribution in [0.15, 0.2) is 54.6 Å². The Kier molecular flexibility index (Phi) is 9.96. The first-order valence-electron chi connectivity index (χ1n) is 8.22. The van der Waals surface area contributed by atoms with E-state index in [1.807, 2.05) is 0 Å². The van der Waals surface area contributed by atoms with Crippen molar-refractivity contribution in [3.05, 3.63) is 65.8 Å². The molecular formula is C20H25Cl2NTi. The van der Waals surface area contributed by atoms with Gasteiger partial charge < -0.3 is 0 Å². The van der Waals surface area contributed by atoms with Crippen LogP contribution in [0.1, 0.15) is 37.3 Å². The van der Waals surface area contributed by atoms with Crippen molar-refractivity contribution in [2.24, 2.45) is 0 Å². The minimum Gasteiger partial charge on any atom is -0.147 e. The Morgan fingerprint density at radius 3 is 2.67 bits per heavy atom. The van der Waals surface area contributed by atoms with Crippen molar-refractivity contribution in [2.45, 2.75) is 30.9 Å². The number of unbranched alkanes of at least 4 members (excludes halogenated alkanes) is 1. The second kappa shape index (κ2) is 11.1. The summed E-state index contributed by atoms with van der Waals surface area (Å²) in [6.07, 6.45) is 10.4. The summed E-state index contributed by atoms with van der Waals surface area (Å²) in [6, 6.07) is 13.4. The molecule has 24 heavy (non-hydrogen) atoms. The summed E-state index contributed by atoms with van der Waals surface area (Å²) < 4.78 is 4.93. The molecule has 1 aliphatic rings. The van der Waals surface area contributed by atoms with Gasteiger partial charge in [0.05, 0.1) is 0 Å². The predicted molar refractivity (Wildman–Crippen MR) is 107 cm³/mol. The summed E-state index contributed by atoms with van der Waals surface area (Å²) in [4.78, 5) is 0. The quantitative estimate of drug-likeness (QED) is 0.452. The summed E-state index contributed by atoms with van der Waals surface area (Å²) in [5, 5.41) is 2.81. The number of rotatable bonds is 7. The van der Waals surface area contributed by atoms with Gasteiger partial charge >= 0.3 is 143 Å². The molecule has 0 radical (unpaired) electrons. The van der Waals surface area contributed by atoms with E-state index in [1.54, 1.807) is 5.56 Å². The summed E-state index contributed by atoms with van der Waals surface area (Å²) in [6.45, 7) is 3.44. The molecule has 0 aromatic heterocycles. The SMILES string of the molecule is CCCC[NH][Ti][CH2]c1c(C2=CC=CC2)ccc2ccccc12.Cl.Cl. The molecule has 3 rings (SSSR count). The number of nitrogens with one attached hydrogen (secondary N) is 1. The van der Waals surface area contributed by atoms with Gasteiger partial charge in [-0.2, -0.15) is 0 Å². The second-order valence-electron chi connectivity index (χ2n) is 5.77. The maximum absolute atomic E-state index is 3.71. The zero-order valence-corrected chi connectivity index (χ0v) is 17.2. The summed E-state index contributed by atoms with van der Waals surface area (Å²) >= 11 is -0.112. The molecule has 0 fully saturated rings. The molecular weight excluding hydrogens is 373 g/mol. The van der Waals surface area contributed by atoms with Crippen LogP contribution < -0.4 is 3.80 Å². The van der Waals surface area contributed by atoms with Gasteiger partial charge in [-0.15, -0.1) is 24.8 Å². The van der Waals surface area contributed by atoms with E-state index in [1.165, 1.54) is 46.0 Å². The van der Waals surface area contributed by atoms with Crippen LogP contribution in [0.3, 0.4) is 0 Å². The maximum atomic E-state index is 3.71. The molecule has 0 heterocycles. The third-order valence-corrected chi connectivity index (χ3v) is 5.81. The van der Waals surface area contributed by atoms with Crippen LogP contribution >= 0.6 is 24.8 Å². The minimum atomic E-state index is -0.112. The van der Waals surface area contributed by atoms with E-state index in [2.05, 4.69) is 65.3 Å². The molecule has 2 aromatic carbocycles. The molecule has 1 N–H and O–H groups in total. The molecule has 0 atom stereocenters. The van der Waals surface area contributed by atoms with Crippen LogP contribution in [-0.4, -0.2) is 6.54 Å². The molecule has 1 nitrogen and oxygen atoms in total. The van der Waals surface area contributed by atoms with Crippen molar-refractivity contribution in [1.29, 1.82) is 0 Å². The Balaban J connectivity index is 0.00000144. The van der Waals surface area contributed by atoms with Crippen molar-refractivity contribution in [3.8, 4) is 0 Å². The Labute approximate surface area is 167 Å². The van der Waals surface area contributed by atoms with Gasteiger partial charge in [-0.25, -0.2) is 0 Å². The van der Waals surface area contributed by atoms with Crippen LogP contribution in [0.5, 0.6) is 0 Å². The topological polar surface area (TPSA) is 12.0 Å². The number of hydrogen-bond donors (Lipinski definition) is 1. The number of hydrogen-bond acceptors (Lipinski definition) is 1. The average Bonchev–Trinajstić information content (AvgIpc) is 3.09. The van der Waals surface area contributed by atoms with Crippen LogP contribution in [0.4, 0.5) is 0 Å². The monoisotopic (exact) mass is 397 g/mol. The predicted octanol–water partition coefficient (Wildman–Crippen LogP) is 5.91. The first-order chi connectivity index (χ1) is 10.9. The normalized spacial score (nSPS) is 12.5. The molecule has 0 saturated carbocycles. The molecule has 4 heteroatoms. The van der Waals surface area contributed by atoms with E-state index in [0.717, 1.165) is 6.42 Å². The van der Waals surface area contributed by atoms with Gasteiger partial charge in [0.15, 0.2) is 0 Å². The standard InChI is InChI=1S/C16H13.C4H10N.2ClH.Ti/c1-12-15-9-5-4-8-14(15)10-11-16(12)13-6-2-3-7-13;1-2-3-4-5;;;/h2-6,8-11H,1,7H2;5H,2-4H2,1H3;2*1H;/q;-1;;;+1. The molecule has 0 bridgehead atoms. The van der Waals surface area contributed by atoms with Gasteiger partial charge in [-0.1, -0.05) is 0 Å². The molecule has 0 unspecified atom stereocenters. The van der Waals surface area contributed by atoms with Crippen LogP contribution in [0.2, 0.25) is 0 Å². The van der Waals surface area contributed by atoms with E-state index < -0.39 is 0 Å². The van der Waals surface area contributed by atoms with Crippen LogP contribution in [0.25, 0.3) is 16.3 Å². The molecule has 0 amide bonds. The minimum absolute atomic E-state index is 0. The Morgan fingerprint density at radius 1 is 1.08 bits per heavy atom. The van der Waals surface area contributed by atoms with Crippen molar-refractivity contribution in [1.82, 2.24) is 3.80 Å². The maximum Gasteiger partial charge on any atom is -0.147 e. The van der Waals surface area contributed by atoms with E-state index in [9.17, 15) is 0 Å². The Hall–Kier alpha value is -0.566. The van der Waals surface area contributed by atoms with E-state index in [4.69, 9.17) is 0 Å². The van der Waals surface area contributed by atoms with Crippen LogP contribution in [-0.2, 0) is 24.1 Å². The van der Waals surface area contributed by atoms with Crippen molar-refractivity contribution in [2.75, 3.05) is 6.54 Å². The summed E-state index contributed by atoms with van der Waals surface area (Å²) in [5.74, 6) is 0. The number of halogens is 2. The number of benzene rings is 2. The Bertz CT molecular complexity index is 710. The van der Waals surface area contributed by atoms with E-state index in [0.29, 0.717) is 0 Å². The first kappa shape index (κ1) is 21.5. The van der Waals surface area contributed by atoms with Gasteiger partial charge in [-0.3, -0.25) is 0 Å². The van der Waals surface area contributed by atoms with Crippen molar-refractivity contribution >= 4 is 41.2 Å². The molecule has 0 aliphatic heterocycles. The van der Waals surface area contributed by atoms with E-state index >= 15 is 0 Å². The summed E-state index contributed by atoms with van der Waals surface area (Å²) in [5.41, 5.74) is 4.49. The fourth-order valence-electron chi connectivity index (χ4n) is 2.98. The van der Waals surface area contributed by atoms with E-state index in [-0.39, 0.29) is 44.2 Å². The molecule has 0 saturated heterocycles. The zero-order chi connectivity index (χ0) is 15.2. The fourth-order valence-corrected chi connectivity index (χ4v) is 4.60. The third kappa shape index (κ3) is 5.21. The molecule has 0 spiro atoms. The van der Waals surface area contributed by atoms with Gasteiger partial charge in [0.2, 0.25) is 0 Å². The van der Waals surface area contributed by atoms with Gasteiger partial charge in [0.1, 0.15) is 0 Å². The molecule has 1 aliphatic carbocycles. The smallest absolute Gasteiger partial charge is 0.147 e. The average molecular weight is 398 g/mol. The summed E-state index contributed by atoms with van der Waals surface area (Å²) in [7, 11) is 0. The third-order valence-electron chi connectivity index (χ3n) is 4.20. The van der Waals surface area contributed by atoms with Crippen LogP contribution in [0, 0.1) is 0 Å². The van der Waals surface area contributed by atoms with Gasteiger partial charge in [0, 0.05) is 0 Å².